The summed E-state index contributed by atoms with van der Waals surface area (Å²) < 4.78 is 4.11. The van der Waals surface area contributed by atoms with Crippen LogP contribution in [0.2, 0.25) is 0 Å². The first-order chi connectivity index (χ1) is 4.18. The Bertz CT molecular complexity index is 62.1. The number of halogens is 1. The second-order valence-electron chi connectivity index (χ2n) is 1.38. The molecule has 9 heavy (non-hydrogen) atoms. The molecular weight excluding hydrogens is 184 g/mol. The number of alkyl halides is 1. The van der Waals surface area contributed by atoms with E-state index in [0.29, 0.717) is 0 Å². The second kappa shape index (κ2) is 10.8. The van der Waals surface area contributed by atoms with Crippen LogP contribution >= 0.6 is 15.9 Å². The van der Waals surface area contributed by atoms with Crippen LogP contribution in [0.5, 0.6) is 0 Å². The number of rotatable bonds is 1. The van der Waals surface area contributed by atoms with Crippen molar-refractivity contribution in [2.24, 2.45) is 0 Å². The molecular formula is C6H13BrO2. The first-order valence-corrected chi connectivity index (χ1v) is 3.91. The monoisotopic (exact) mass is 196 g/mol. The minimum absolute atomic E-state index is 0.245. The average molecular weight is 197 g/mol. The highest BCUT2D eigenvalue weighted by Gasteiger charge is 1.75. The van der Waals surface area contributed by atoms with Crippen molar-refractivity contribution in [3.8, 4) is 0 Å². The lowest BCUT2D eigenvalue weighted by Crippen LogP contribution is -1.88. The Hall–Kier alpha value is -0.0500. The summed E-state index contributed by atoms with van der Waals surface area (Å²) in [6, 6.07) is 0. The summed E-state index contributed by atoms with van der Waals surface area (Å²) in [6.07, 6.45) is 1.24. The highest BCUT2D eigenvalue weighted by atomic mass is 79.9. The first-order valence-electron chi connectivity index (χ1n) is 2.79. The topological polar surface area (TPSA) is 26.3 Å². The van der Waals surface area contributed by atoms with E-state index in [9.17, 15) is 4.79 Å². The maximum atomic E-state index is 9.59. The zero-order valence-corrected chi connectivity index (χ0v) is 7.69. The molecule has 0 saturated carbocycles. The zero-order chi connectivity index (χ0) is 7.70. The molecule has 3 heteroatoms. The summed E-state index contributed by atoms with van der Waals surface area (Å²) in [5.74, 6) is -0.245. The van der Waals surface area contributed by atoms with Crippen molar-refractivity contribution >= 4 is 21.9 Å². The van der Waals surface area contributed by atoms with E-state index in [4.69, 9.17) is 0 Å². The van der Waals surface area contributed by atoms with Crippen LogP contribution in [0.15, 0.2) is 0 Å². The Morgan fingerprint density at radius 1 is 1.67 bits per heavy atom. The summed E-state index contributed by atoms with van der Waals surface area (Å²) in [4.78, 5) is 9.59. The third kappa shape index (κ3) is 32.3. The molecule has 0 N–H and O–H groups in total. The van der Waals surface area contributed by atoms with Gasteiger partial charge in [0.1, 0.15) is 0 Å². The predicted octanol–water partition coefficient (Wildman–Crippen LogP) is 1.97. The number of hydrogen-bond acceptors (Lipinski definition) is 2. The van der Waals surface area contributed by atoms with Crippen LogP contribution in [-0.2, 0) is 9.53 Å². The summed E-state index contributed by atoms with van der Waals surface area (Å²) in [6.45, 7) is 3.49. The van der Waals surface area contributed by atoms with Crippen molar-refractivity contribution in [1.29, 1.82) is 0 Å². The van der Waals surface area contributed by atoms with Crippen LogP contribution in [-0.4, -0.2) is 18.4 Å². The highest BCUT2D eigenvalue weighted by Crippen LogP contribution is 1.80. The lowest BCUT2D eigenvalue weighted by Gasteiger charge is -1.80. The number of ether oxygens (including phenoxy) is 1. The van der Waals surface area contributed by atoms with Crippen molar-refractivity contribution in [3.63, 3.8) is 0 Å². The maximum Gasteiger partial charge on any atom is 0.302 e. The summed E-state index contributed by atoms with van der Waals surface area (Å²) in [7, 11) is 1.35. The fourth-order valence-corrected chi connectivity index (χ4v) is 0. The largest absolute Gasteiger partial charge is 0.469 e. The Balaban J connectivity index is 0. The van der Waals surface area contributed by atoms with Gasteiger partial charge in [-0.1, -0.05) is 22.9 Å². The van der Waals surface area contributed by atoms with Crippen molar-refractivity contribution in [2.75, 3.05) is 12.4 Å². The normalized spacial score (nSPS) is 7.11. The lowest BCUT2D eigenvalue weighted by atomic mass is 10.6. The molecule has 0 aliphatic rings. The molecule has 0 rings (SSSR count). The van der Waals surface area contributed by atoms with Gasteiger partial charge in [-0.2, -0.15) is 0 Å². The van der Waals surface area contributed by atoms with E-state index in [-0.39, 0.29) is 5.97 Å². The Morgan fingerprint density at radius 3 is 1.89 bits per heavy atom. The third-order valence-electron chi connectivity index (χ3n) is 0.476. The van der Waals surface area contributed by atoms with Crippen LogP contribution in [0, 0.1) is 0 Å². The van der Waals surface area contributed by atoms with E-state index in [1.54, 1.807) is 0 Å². The number of carbonyl (C=O) groups excluding carboxylic acids is 1. The minimum Gasteiger partial charge on any atom is -0.469 e. The molecule has 0 saturated heterocycles. The fraction of sp³-hybridized carbons (Fsp3) is 0.833. The maximum absolute atomic E-state index is 9.59. The van der Waals surface area contributed by atoms with Crippen LogP contribution < -0.4 is 0 Å². The van der Waals surface area contributed by atoms with Gasteiger partial charge in [-0.15, -0.1) is 0 Å². The van der Waals surface area contributed by atoms with Gasteiger partial charge in [0.05, 0.1) is 7.11 Å². The molecule has 0 bridgehead atoms. The Morgan fingerprint density at radius 2 is 1.89 bits per heavy atom. The first kappa shape index (κ1) is 11.7. The molecule has 0 aromatic carbocycles. The molecule has 0 unspecified atom stereocenters. The standard InChI is InChI=1S/C3H7Br.C3H6O2/c1-2-3-4;1-3(4)5-2/h2-3H2,1H3;1-2H3. The molecule has 0 atom stereocenters. The molecule has 0 aromatic rings. The van der Waals surface area contributed by atoms with Gasteiger partial charge in [0.2, 0.25) is 0 Å². The number of carbonyl (C=O) groups is 1. The van der Waals surface area contributed by atoms with Crippen molar-refractivity contribution in [3.05, 3.63) is 0 Å². The van der Waals surface area contributed by atoms with E-state index >= 15 is 0 Å². The van der Waals surface area contributed by atoms with Gasteiger partial charge in [0.25, 0.3) is 0 Å². The van der Waals surface area contributed by atoms with Crippen molar-refractivity contribution < 1.29 is 9.53 Å². The molecule has 0 aliphatic carbocycles. The van der Waals surface area contributed by atoms with E-state index in [1.807, 2.05) is 0 Å². The fourth-order valence-electron chi connectivity index (χ4n) is 0. The summed E-state index contributed by atoms with van der Waals surface area (Å²) in [5, 5.41) is 1.13. The second-order valence-corrected chi connectivity index (χ2v) is 2.18. The van der Waals surface area contributed by atoms with Gasteiger partial charge in [-0.25, -0.2) is 0 Å². The van der Waals surface area contributed by atoms with Gasteiger partial charge in [0.15, 0.2) is 0 Å². The molecule has 0 heterocycles. The van der Waals surface area contributed by atoms with Gasteiger partial charge in [-0.3, -0.25) is 4.79 Å². The number of esters is 1. The van der Waals surface area contributed by atoms with E-state index < -0.39 is 0 Å². The van der Waals surface area contributed by atoms with Crippen LogP contribution in [0.4, 0.5) is 0 Å². The number of hydrogen-bond donors (Lipinski definition) is 0. The van der Waals surface area contributed by atoms with Crippen LogP contribution in [0.1, 0.15) is 20.3 Å². The molecule has 0 amide bonds. The third-order valence-corrected chi connectivity index (χ3v) is 1.27. The van der Waals surface area contributed by atoms with Crippen LogP contribution in [0.25, 0.3) is 0 Å². The predicted molar refractivity (Wildman–Crippen MR) is 41.8 cm³/mol. The molecule has 0 radical (unpaired) electrons. The smallest absolute Gasteiger partial charge is 0.302 e. The molecule has 0 aromatic heterocycles. The van der Waals surface area contributed by atoms with Gasteiger partial charge in [-0.05, 0) is 6.42 Å². The van der Waals surface area contributed by atoms with E-state index in [2.05, 4.69) is 27.6 Å². The molecule has 0 fully saturated rings. The SMILES string of the molecule is CCCBr.COC(C)=O. The summed E-state index contributed by atoms with van der Waals surface area (Å²) in [5.41, 5.74) is 0. The van der Waals surface area contributed by atoms with Crippen molar-refractivity contribution in [1.82, 2.24) is 0 Å². The van der Waals surface area contributed by atoms with Gasteiger partial charge < -0.3 is 4.74 Å². The molecule has 0 spiro atoms. The zero-order valence-electron chi connectivity index (χ0n) is 6.11. The van der Waals surface area contributed by atoms with Crippen molar-refractivity contribution in [2.45, 2.75) is 20.3 Å². The molecule has 2 nitrogen and oxygen atoms in total. The highest BCUT2D eigenvalue weighted by molar-refractivity contribution is 9.09. The van der Waals surface area contributed by atoms with E-state index in [1.165, 1.54) is 20.5 Å². The van der Waals surface area contributed by atoms with Gasteiger partial charge in [0, 0.05) is 12.3 Å². The lowest BCUT2D eigenvalue weighted by molar-refractivity contribution is -0.137. The van der Waals surface area contributed by atoms with Crippen LogP contribution in [0.3, 0.4) is 0 Å². The average Bonchev–Trinajstić information content (AvgIpc) is 1.89. The number of methoxy groups -OCH3 is 1. The summed E-state index contributed by atoms with van der Waals surface area (Å²) >= 11 is 3.25. The molecule has 56 valence electrons. The van der Waals surface area contributed by atoms with E-state index in [0.717, 1.165) is 5.33 Å². The Kier molecular flexibility index (Phi) is 14.1. The van der Waals surface area contributed by atoms with Gasteiger partial charge >= 0.3 is 5.97 Å². The minimum atomic E-state index is -0.245. The quantitative estimate of drug-likeness (QED) is 0.474. The Labute approximate surface area is 64.7 Å². The molecule has 0 aliphatic heterocycles.